The van der Waals surface area contributed by atoms with Crippen molar-refractivity contribution in [2.24, 2.45) is 5.92 Å². The molecule has 2 fully saturated rings. The SMILES string of the molecule is C[C@H]1[C@@H](CN(C)[C@H](C)[C@@H](O)c2ccccc2)O[C@@H](c2ccc(NC(=O)[C@@H]3CCCN3C(=O)C(F)(F)F)cc2)O[C@H]1c1ccc(CO)cc1. The molecule has 0 spiro atoms. The number of halogens is 3. The normalized spacial score (nSPS) is 24.4. The summed E-state index contributed by atoms with van der Waals surface area (Å²) in [6.45, 7) is 4.28. The van der Waals surface area contributed by atoms with Crippen LogP contribution in [0.15, 0.2) is 78.9 Å². The van der Waals surface area contributed by atoms with Crippen molar-refractivity contribution in [2.75, 3.05) is 25.5 Å². The minimum Gasteiger partial charge on any atom is -0.392 e. The van der Waals surface area contributed by atoms with Crippen LogP contribution in [0.25, 0.3) is 0 Å². The standard InChI is InChI=1S/C36H42F3N3O6/c1-22-30(20-41(3)23(2)31(44)25-8-5-4-6-9-25)47-34(48-32(22)26-13-11-24(21-43)12-14-26)27-15-17-28(18-16-27)40-33(45)29-10-7-19-42(29)35(46)36(37,38)39/h4-6,8-9,11-18,22-23,29-32,34,43-44H,7,10,19-21H2,1-3H3,(H,40,45)/t22-,23+,29-,30+,31+,32+,34+/m0/s1. The molecule has 48 heavy (non-hydrogen) atoms. The zero-order valence-electron chi connectivity index (χ0n) is 27.1. The summed E-state index contributed by atoms with van der Waals surface area (Å²) in [4.78, 5) is 27.4. The number of anilines is 1. The number of ether oxygens (including phenoxy) is 2. The molecule has 0 aromatic heterocycles. The Labute approximate surface area is 278 Å². The number of carbonyl (C=O) groups excluding carboxylic acids is 2. The van der Waals surface area contributed by atoms with Crippen molar-refractivity contribution in [1.29, 1.82) is 0 Å². The van der Waals surface area contributed by atoms with Crippen LogP contribution >= 0.6 is 0 Å². The first-order valence-corrected chi connectivity index (χ1v) is 16.1. The van der Waals surface area contributed by atoms with Crippen molar-refractivity contribution in [3.8, 4) is 0 Å². The molecule has 9 nitrogen and oxygen atoms in total. The predicted octanol–water partition coefficient (Wildman–Crippen LogP) is 5.52. The van der Waals surface area contributed by atoms with Gasteiger partial charge >= 0.3 is 12.1 Å². The molecule has 3 aromatic rings. The number of nitrogens with one attached hydrogen (secondary N) is 1. The van der Waals surface area contributed by atoms with Crippen LogP contribution in [0.2, 0.25) is 0 Å². The topological polar surface area (TPSA) is 112 Å². The number of alkyl halides is 3. The molecule has 5 rings (SSSR count). The maximum atomic E-state index is 13.1. The maximum absolute atomic E-state index is 13.1. The Hall–Kier alpha value is -3.81. The van der Waals surface area contributed by atoms with E-state index in [-0.39, 0.29) is 43.7 Å². The third kappa shape index (κ3) is 8.07. The van der Waals surface area contributed by atoms with E-state index in [1.807, 2.05) is 75.5 Å². The first-order valence-electron chi connectivity index (χ1n) is 16.1. The van der Waals surface area contributed by atoms with Crippen LogP contribution in [-0.4, -0.2) is 76.3 Å². The Morgan fingerprint density at radius 3 is 2.27 bits per heavy atom. The van der Waals surface area contributed by atoms with Gasteiger partial charge in [0.15, 0.2) is 6.29 Å². The number of likely N-dealkylation sites (N-methyl/N-ethyl adjacent to an activating group) is 1. The molecule has 258 valence electrons. The van der Waals surface area contributed by atoms with Crippen LogP contribution in [0.4, 0.5) is 18.9 Å². The second-order valence-electron chi connectivity index (χ2n) is 12.6. The highest BCUT2D eigenvalue weighted by Gasteiger charge is 2.47. The highest BCUT2D eigenvalue weighted by Crippen LogP contribution is 2.42. The van der Waals surface area contributed by atoms with Crippen LogP contribution in [-0.2, 0) is 25.7 Å². The average molecular weight is 670 g/mol. The van der Waals surface area contributed by atoms with Crippen molar-refractivity contribution < 1.29 is 42.4 Å². The largest absolute Gasteiger partial charge is 0.471 e. The highest BCUT2D eigenvalue weighted by atomic mass is 19.4. The molecule has 2 aliphatic heterocycles. The van der Waals surface area contributed by atoms with Gasteiger partial charge in [-0.2, -0.15) is 13.2 Å². The number of hydrogen-bond acceptors (Lipinski definition) is 7. The van der Waals surface area contributed by atoms with Gasteiger partial charge in [0.25, 0.3) is 0 Å². The Morgan fingerprint density at radius 1 is 1.00 bits per heavy atom. The molecule has 2 aliphatic rings. The smallest absolute Gasteiger partial charge is 0.392 e. The van der Waals surface area contributed by atoms with E-state index >= 15 is 0 Å². The van der Waals surface area contributed by atoms with Gasteiger partial charge in [0.05, 0.1) is 24.9 Å². The summed E-state index contributed by atoms with van der Waals surface area (Å²) in [5.74, 6) is -2.80. The molecule has 0 radical (unpaired) electrons. The Kier molecular flexibility index (Phi) is 11.2. The first kappa shape index (κ1) is 35.5. The Morgan fingerprint density at radius 2 is 1.65 bits per heavy atom. The predicted molar refractivity (Wildman–Crippen MR) is 172 cm³/mol. The summed E-state index contributed by atoms with van der Waals surface area (Å²) in [5.41, 5.74) is 3.52. The van der Waals surface area contributed by atoms with Gasteiger partial charge in [-0.15, -0.1) is 0 Å². The number of aliphatic hydroxyl groups excluding tert-OH is 2. The summed E-state index contributed by atoms with van der Waals surface area (Å²) >= 11 is 0. The highest BCUT2D eigenvalue weighted by molar-refractivity contribution is 5.98. The van der Waals surface area contributed by atoms with Gasteiger partial charge in [0, 0.05) is 36.3 Å². The average Bonchev–Trinajstić information content (AvgIpc) is 3.59. The zero-order chi connectivity index (χ0) is 34.6. The van der Waals surface area contributed by atoms with Crippen molar-refractivity contribution in [1.82, 2.24) is 9.80 Å². The van der Waals surface area contributed by atoms with Gasteiger partial charge in [0.2, 0.25) is 5.91 Å². The van der Waals surface area contributed by atoms with Gasteiger partial charge in [-0.05, 0) is 55.6 Å². The van der Waals surface area contributed by atoms with E-state index in [1.165, 1.54) is 0 Å². The van der Waals surface area contributed by atoms with Crippen molar-refractivity contribution >= 4 is 17.5 Å². The number of amides is 2. The van der Waals surface area contributed by atoms with Gasteiger partial charge < -0.3 is 29.9 Å². The number of carbonyl (C=O) groups is 2. The summed E-state index contributed by atoms with van der Waals surface area (Å²) < 4.78 is 52.2. The number of benzene rings is 3. The number of nitrogens with zero attached hydrogens (tertiary/aromatic N) is 2. The summed E-state index contributed by atoms with van der Waals surface area (Å²) in [6.07, 6.45) is -6.80. The first-order chi connectivity index (χ1) is 22.9. The molecule has 12 heteroatoms. The van der Waals surface area contributed by atoms with Crippen LogP contribution in [0.1, 0.15) is 67.4 Å². The van der Waals surface area contributed by atoms with E-state index in [2.05, 4.69) is 10.2 Å². The molecule has 0 saturated carbocycles. The van der Waals surface area contributed by atoms with Crippen LogP contribution in [0.3, 0.4) is 0 Å². The van der Waals surface area contributed by atoms with Crippen LogP contribution in [0, 0.1) is 5.92 Å². The molecule has 2 heterocycles. The fourth-order valence-corrected chi connectivity index (χ4v) is 6.34. The minimum atomic E-state index is -5.05. The fourth-order valence-electron chi connectivity index (χ4n) is 6.34. The van der Waals surface area contributed by atoms with Gasteiger partial charge in [0.1, 0.15) is 6.04 Å². The molecule has 7 atom stereocenters. The monoisotopic (exact) mass is 669 g/mol. The second kappa shape index (κ2) is 15.2. The number of aliphatic hydroxyl groups is 2. The van der Waals surface area contributed by atoms with Gasteiger partial charge in [-0.3, -0.25) is 14.5 Å². The van der Waals surface area contributed by atoms with E-state index < -0.39 is 36.4 Å². The molecule has 2 amide bonds. The lowest BCUT2D eigenvalue weighted by Crippen LogP contribution is -2.48. The Balaban J connectivity index is 1.32. The third-order valence-corrected chi connectivity index (χ3v) is 9.39. The van der Waals surface area contributed by atoms with E-state index in [1.54, 1.807) is 24.3 Å². The summed E-state index contributed by atoms with van der Waals surface area (Å²) in [5, 5.41) is 23.3. The molecule has 0 unspecified atom stereocenters. The fraction of sp³-hybridized carbons (Fsp3) is 0.444. The number of likely N-dealkylation sites (tertiary alicyclic amines) is 1. The molecule has 0 aliphatic carbocycles. The molecular formula is C36H42F3N3O6. The lowest BCUT2D eigenvalue weighted by molar-refractivity contribution is -0.276. The van der Waals surface area contributed by atoms with E-state index in [9.17, 15) is 33.0 Å². The van der Waals surface area contributed by atoms with E-state index in [0.29, 0.717) is 29.1 Å². The second-order valence-corrected chi connectivity index (χ2v) is 12.6. The maximum Gasteiger partial charge on any atom is 0.471 e. The number of rotatable bonds is 10. The van der Waals surface area contributed by atoms with Crippen molar-refractivity contribution in [3.05, 3.63) is 101 Å². The third-order valence-electron chi connectivity index (χ3n) is 9.39. The van der Waals surface area contributed by atoms with Crippen LogP contribution < -0.4 is 5.32 Å². The van der Waals surface area contributed by atoms with E-state index in [0.717, 1.165) is 16.7 Å². The lowest BCUT2D eigenvalue weighted by atomic mass is 9.89. The molecular weight excluding hydrogens is 627 g/mol. The van der Waals surface area contributed by atoms with Crippen molar-refractivity contribution in [2.45, 2.75) is 76.2 Å². The minimum absolute atomic E-state index is 0.0809. The Bertz CT molecular complexity index is 1520. The summed E-state index contributed by atoms with van der Waals surface area (Å²) in [7, 11) is 1.94. The van der Waals surface area contributed by atoms with E-state index in [4.69, 9.17) is 9.47 Å². The quantitative estimate of drug-likeness (QED) is 0.261. The lowest BCUT2D eigenvalue weighted by Gasteiger charge is -2.43. The molecule has 3 N–H and O–H groups in total. The van der Waals surface area contributed by atoms with Gasteiger partial charge in [-0.25, -0.2) is 0 Å². The molecule has 3 aromatic carbocycles. The molecule has 2 saturated heterocycles. The zero-order valence-corrected chi connectivity index (χ0v) is 27.1. The summed E-state index contributed by atoms with van der Waals surface area (Å²) in [6, 6.07) is 22.3. The van der Waals surface area contributed by atoms with Crippen molar-refractivity contribution in [3.63, 3.8) is 0 Å². The van der Waals surface area contributed by atoms with Gasteiger partial charge in [-0.1, -0.05) is 73.7 Å². The van der Waals surface area contributed by atoms with Crippen LogP contribution in [0.5, 0.6) is 0 Å². The molecule has 0 bridgehead atoms. The number of hydrogen-bond donors (Lipinski definition) is 3.